The number of ether oxygens (including phenoxy) is 2. The highest BCUT2D eigenvalue weighted by Crippen LogP contribution is 2.23. The van der Waals surface area contributed by atoms with Crippen LogP contribution in [-0.4, -0.2) is 29.2 Å². The third-order valence-corrected chi connectivity index (χ3v) is 3.35. The highest BCUT2D eigenvalue weighted by molar-refractivity contribution is 7.92. The van der Waals surface area contributed by atoms with Crippen molar-refractivity contribution in [1.29, 1.82) is 0 Å². The van der Waals surface area contributed by atoms with E-state index in [4.69, 9.17) is 9.47 Å². The van der Waals surface area contributed by atoms with Crippen molar-refractivity contribution in [2.45, 2.75) is 6.42 Å². The van der Waals surface area contributed by atoms with Crippen molar-refractivity contribution >= 4 is 15.6 Å². The number of benzene rings is 2. The Morgan fingerprint density at radius 2 is 1.52 bits per heavy atom. The zero-order valence-corrected chi connectivity index (χ0v) is 13.9. The summed E-state index contributed by atoms with van der Waals surface area (Å²) in [7, 11) is -2.40. The number of para-hydroxylation sites is 1. The van der Waals surface area contributed by atoms with Crippen LogP contribution < -0.4 is 9.47 Å². The minimum Gasteiger partial charge on any atom is -0.493 e. The fourth-order valence-corrected chi connectivity index (χ4v) is 2.36. The van der Waals surface area contributed by atoms with Crippen molar-refractivity contribution in [2.24, 2.45) is 4.36 Å². The molecular weight excluding hydrogens is 314 g/mol. The van der Waals surface area contributed by atoms with Crippen molar-refractivity contribution in [1.82, 2.24) is 0 Å². The summed E-state index contributed by atoms with van der Waals surface area (Å²) in [5, 5.41) is 0. The zero-order valence-electron chi connectivity index (χ0n) is 13.1. The maximum Gasteiger partial charge on any atom is 0.257 e. The first kappa shape index (κ1) is 17.0. The SMILES string of the molecule is CS(C)(=O)=NC(=O)CCOc1ccc(Oc2ccccc2)cc1. The van der Waals surface area contributed by atoms with Crippen LogP contribution in [0.1, 0.15) is 6.42 Å². The predicted molar refractivity (Wildman–Crippen MR) is 90.5 cm³/mol. The first-order valence-corrected chi connectivity index (χ1v) is 9.41. The molecule has 0 aliphatic carbocycles. The Labute approximate surface area is 136 Å². The highest BCUT2D eigenvalue weighted by Gasteiger charge is 2.03. The van der Waals surface area contributed by atoms with Gasteiger partial charge in [-0.3, -0.25) is 4.79 Å². The molecule has 2 aromatic carbocycles. The molecule has 2 aromatic rings. The topological polar surface area (TPSA) is 65.0 Å². The predicted octanol–water partition coefficient (Wildman–Crippen LogP) is 3.50. The van der Waals surface area contributed by atoms with E-state index in [1.807, 2.05) is 30.3 Å². The van der Waals surface area contributed by atoms with Crippen molar-refractivity contribution in [2.75, 3.05) is 19.1 Å². The van der Waals surface area contributed by atoms with Gasteiger partial charge in [-0.2, -0.15) is 4.36 Å². The van der Waals surface area contributed by atoms with Gasteiger partial charge in [0.25, 0.3) is 5.91 Å². The van der Waals surface area contributed by atoms with Crippen molar-refractivity contribution < 1.29 is 18.5 Å². The molecule has 0 spiro atoms. The van der Waals surface area contributed by atoms with Gasteiger partial charge in [0.15, 0.2) is 0 Å². The van der Waals surface area contributed by atoms with Gasteiger partial charge in [-0.25, -0.2) is 4.21 Å². The van der Waals surface area contributed by atoms with E-state index in [0.29, 0.717) is 11.5 Å². The highest BCUT2D eigenvalue weighted by atomic mass is 32.2. The van der Waals surface area contributed by atoms with Crippen LogP contribution in [0.3, 0.4) is 0 Å². The van der Waals surface area contributed by atoms with Crippen LogP contribution in [0.15, 0.2) is 59.0 Å². The average Bonchev–Trinajstić information content (AvgIpc) is 2.48. The molecule has 0 fully saturated rings. The molecular formula is C17H19NO4S. The summed E-state index contributed by atoms with van der Waals surface area (Å²) in [6, 6.07) is 16.6. The molecule has 0 bridgehead atoms. The van der Waals surface area contributed by atoms with Crippen LogP contribution in [0.2, 0.25) is 0 Å². The largest absolute Gasteiger partial charge is 0.493 e. The molecule has 0 radical (unpaired) electrons. The summed E-state index contributed by atoms with van der Waals surface area (Å²) >= 11 is 0. The Bertz CT molecular complexity index is 755. The third kappa shape index (κ3) is 6.52. The molecule has 23 heavy (non-hydrogen) atoms. The van der Waals surface area contributed by atoms with Crippen LogP contribution in [0.4, 0.5) is 0 Å². The number of rotatable bonds is 6. The summed E-state index contributed by atoms with van der Waals surface area (Å²) in [4.78, 5) is 11.5. The molecule has 5 nitrogen and oxygen atoms in total. The molecule has 6 heteroatoms. The number of nitrogens with zero attached hydrogens (tertiary/aromatic N) is 1. The Hall–Kier alpha value is -2.34. The van der Waals surface area contributed by atoms with E-state index in [1.54, 1.807) is 24.3 Å². The van der Waals surface area contributed by atoms with Gasteiger partial charge in [0.05, 0.1) is 13.0 Å². The first-order valence-electron chi connectivity index (χ1n) is 7.08. The molecule has 1 amide bonds. The summed E-state index contributed by atoms with van der Waals surface area (Å²) < 4.78 is 26.1. The second-order valence-corrected chi connectivity index (χ2v) is 7.70. The van der Waals surface area contributed by atoms with Gasteiger partial charge in [0.2, 0.25) is 0 Å². The molecule has 0 heterocycles. The van der Waals surface area contributed by atoms with Gasteiger partial charge in [0, 0.05) is 22.2 Å². The van der Waals surface area contributed by atoms with E-state index >= 15 is 0 Å². The number of hydrogen-bond acceptors (Lipinski definition) is 4. The van der Waals surface area contributed by atoms with Crippen LogP contribution in [0, 0.1) is 0 Å². The van der Waals surface area contributed by atoms with E-state index in [2.05, 4.69) is 4.36 Å². The Kier molecular flexibility index (Phi) is 5.76. The molecule has 2 rings (SSSR count). The maximum absolute atomic E-state index is 11.5. The van der Waals surface area contributed by atoms with Gasteiger partial charge in [-0.15, -0.1) is 0 Å². The quantitative estimate of drug-likeness (QED) is 0.811. The molecule has 0 aliphatic heterocycles. The molecule has 0 unspecified atom stereocenters. The molecule has 0 saturated carbocycles. The summed E-state index contributed by atoms with van der Waals surface area (Å²) in [6.07, 6.45) is 2.95. The van der Waals surface area contributed by atoms with Crippen molar-refractivity contribution in [3.05, 3.63) is 54.6 Å². The second-order valence-electron chi connectivity index (χ2n) is 5.15. The lowest BCUT2D eigenvalue weighted by atomic mass is 10.3. The van der Waals surface area contributed by atoms with Gasteiger partial charge in [0.1, 0.15) is 17.2 Å². The number of hydrogen-bond donors (Lipinski definition) is 0. The average molecular weight is 333 g/mol. The smallest absolute Gasteiger partial charge is 0.257 e. The molecule has 0 atom stereocenters. The Balaban J connectivity index is 1.84. The van der Waals surface area contributed by atoms with Crippen LogP contribution in [0.25, 0.3) is 0 Å². The minimum atomic E-state index is -2.40. The number of amides is 1. The van der Waals surface area contributed by atoms with Gasteiger partial charge in [-0.05, 0) is 36.4 Å². The molecule has 0 saturated heterocycles. The lowest BCUT2D eigenvalue weighted by molar-refractivity contribution is -0.118. The van der Waals surface area contributed by atoms with E-state index in [0.717, 1.165) is 5.75 Å². The van der Waals surface area contributed by atoms with Crippen LogP contribution in [-0.2, 0) is 14.5 Å². The lowest BCUT2D eigenvalue weighted by Crippen LogP contribution is -2.06. The molecule has 0 aliphatic rings. The van der Waals surface area contributed by atoms with Gasteiger partial charge in [-0.1, -0.05) is 18.2 Å². The monoisotopic (exact) mass is 333 g/mol. The third-order valence-electron chi connectivity index (χ3n) is 2.71. The summed E-state index contributed by atoms with van der Waals surface area (Å²) in [5.41, 5.74) is 0. The normalized spacial score (nSPS) is 10.9. The number of carbonyl (C=O) groups is 1. The maximum atomic E-state index is 11.5. The molecule has 122 valence electrons. The zero-order chi connectivity index (χ0) is 16.7. The lowest BCUT2D eigenvalue weighted by Gasteiger charge is -2.08. The molecule has 0 aromatic heterocycles. The Morgan fingerprint density at radius 1 is 0.957 bits per heavy atom. The van der Waals surface area contributed by atoms with E-state index < -0.39 is 15.6 Å². The minimum absolute atomic E-state index is 0.0982. The Morgan fingerprint density at radius 3 is 2.13 bits per heavy atom. The van der Waals surface area contributed by atoms with Crippen LogP contribution in [0.5, 0.6) is 17.2 Å². The molecule has 0 N–H and O–H groups in total. The van der Waals surface area contributed by atoms with Gasteiger partial charge >= 0.3 is 0 Å². The van der Waals surface area contributed by atoms with Crippen molar-refractivity contribution in [3.8, 4) is 17.2 Å². The summed E-state index contributed by atoms with van der Waals surface area (Å²) in [6.45, 7) is 0.191. The van der Waals surface area contributed by atoms with E-state index in [9.17, 15) is 9.00 Å². The standard InChI is InChI=1S/C17H19NO4S/c1-23(2,20)18-17(19)12-13-21-14-8-10-16(11-9-14)22-15-6-4-3-5-7-15/h3-11H,12-13H2,1-2H3. The first-order chi connectivity index (χ1) is 10.9. The fourth-order valence-electron chi connectivity index (χ4n) is 1.78. The second kappa shape index (κ2) is 7.78. The van der Waals surface area contributed by atoms with E-state index in [1.165, 1.54) is 12.5 Å². The van der Waals surface area contributed by atoms with Crippen molar-refractivity contribution in [3.63, 3.8) is 0 Å². The number of carbonyl (C=O) groups excluding carboxylic acids is 1. The van der Waals surface area contributed by atoms with Crippen LogP contribution >= 0.6 is 0 Å². The fraction of sp³-hybridized carbons (Fsp3) is 0.235. The summed E-state index contributed by atoms with van der Waals surface area (Å²) in [5.74, 6) is 1.68. The van der Waals surface area contributed by atoms with Gasteiger partial charge < -0.3 is 9.47 Å². The van der Waals surface area contributed by atoms with E-state index in [-0.39, 0.29) is 13.0 Å².